The number of nitrogens with zero attached hydrogens (tertiary/aromatic N) is 1. The van der Waals surface area contributed by atoms with Crippen LogP contribution in [-0.2, 0) is 0 Å². The van der Waals surface area contributed by atoms with E-state index in [2.05, 4.69) is 19.9 Å². The van der Waals surface area contributed by atoms with Gasteiger partial charge in [0.15, 0.2) is 0 Å². The third kappa shape index (κ3) is 3.01. The first kappa shape index (κ1) is 14.5. The van der Waals surface area contributed by atoms with E-state index in [9.17, 15) is 10.4 Å². The zero-order valence-corrected chi connectivity index (χ0v) is 11.6. The van der Waals surface area contributed by atoms with Crippen LogP contribution in [0.5, 0.6) is 0 Å². The molecular formula is C15H27NO. The Morgan fingerprint density at radius 3 is 2.59 bits per heavy atom. The molecule has 1 saturated carbocycles. The smallest absolute Gasteiger partial charge is 0.0860 e. The highest BCUT2D eigenvalue weighted by Crippen LogP contribution is 2.51. The van der Waals surface area contributed by atoms with Crippen molar-refractivity contribution in [3.8, 4) is 6.07 Å². The van der Waals surface area contributed by atoms with E-state index in [1.165, 1.54) is 0 Å². The van der Waals surface area contributed by atoms with Crippen LogP contribution in [0.25, 0.3) is 0 Å². The Morgan fingerprint density at radius 1 is 1.41 bits per heavy atom. The molecule has 0 aromatic rings. The third-order valence-corrected chi connectivity index (χ3v) is 4.71. The summed E-state index contributed by atoms with van der Waals surface area (Å²) in [5.74, 6) is 0.632. The van der Waals surface area contributed by atoms with Gasteiger partial charge in [0.2, 0.25) is 0 Å². The molecule has 0 radical (unpaired) electrons. The van der Waals surface area contributed by atoms with Crippen LogP contribution in [0.2, 0.25) is 0 Å². The van der Waals surface area contributed by atoms with E-state index in [0.29, 0.717) is 5.92 Å². The molecule has 0 saturated heterocycles. The van der Waals surface area contributed by atoms with E-state index in [-0.39, 0.29) is 0 Å². The number of hydrogen-bond donors (Lipinski definition) is 1. The molecular weight excluding hydrogens is 210 g/mol. The zero-order valence-electron chi connectivity index (χ0n) is 11.6. The van der Waals surface area contributed by atoms with Crippen molar-refractivity contribution in [1.82, 2.24) is 0 Å². The fourth-order valence-corrected chi connectivity index (χ4v) is 3.17. The molecule has 98 valence electrons. The third-order valence-electron chi connectivity index (χ3n) is 4.71. The Hall–Kier alpha value is -0.550. The molecule has 1 fully saturated rings. The van der Waals surface area contributed by atoms with Crippen molar-refractivity contribution in [2.24, 2.45) is 11.3 Å². The van der Waals surface area contributed by atoms with Gasteiger partial charge in [0.1, 0.15) is 0 Å². The maximum absolute atomic E-state index is 10.7. The second-order valence-electron chi connectivity index (χ2n) is 5.94. The molecule has 0 heterocycles. The zero-order chi connectivity index (χ0) is 12.9. The summed E-state index contributed by atoms with van der Waals surface area (Å²) in [4.78, 5) is 0. The summed E-state index contributed by atoms with van der Waals surface area (Å²) in [6.45, 7) is 6.23. The van der Waals surface area contributed by atoms with Crippen LogP contribution in [0, 0.1) is 22.7 Å². The first-order valence-corrected chi connectivity index (χ1v) is 7.15. The first-order chi connectivity index (χ1) is 8.01. The van der Waals surface area contributed by atoms with Crippen molar-refractivity contribution in [2.75, 3.05) is 0 Å². The van der Waals surface area contributed by atoms with Crippen LogP contribution in [0.15, 0.2) is 0 Å². The maximum atomic E-state index is 10.7. The van der Waals surface area contributed by atoms with Gasteiger partial charge < -0.3 is 5.11 Å². The van der Waals surface area contributed by atoms with Gasteiger partial charge in [-0.25, -0.2) is 0 Å². The first-order valence-electron chi connectivity index (χ1n) is 7.15. The van der Waals surface area contributed by atoms with Gasteiger partial charge in [-0.3, -0.25) is 0 Å². The Labute approximate surface area is 106 Å². The molecule has 0 aromatic carbocycles. The monoisotopic (exact) mass is 237 g/mol. The lowest BCUT2D eigenvalue weighted by Crippen LogP contribution is -2.43. The maximum Gasteiger partial charge on any atom is 0.0860 e. The predicted octanol–water partition coefficient (Wildman–Crippen LogP) is 4.04. The second-order valence-corrected chi connectivity index (χ2v) is 5.94. The second kappa shape index (κ2) is 5.87. The average Bonchev–Trinajstić information content (AvgIpc) is 2.74. The fourth-order valence-electron chi connectivity index (χ4n) is 3.17. The van der Waals surface area contributed by atoms with Gasteiger partial charge in [0, 0.05) is 0 Å². The standard InChI is InChI=1S/C15H27NO/c1-4-6-7-9-14(3,17)15(12-16)10-8-13(5-2)11-15/h13,17H,4-11H2,1-3H3. The van der Waals surface area contributed by atoms with Crippen LogP contribution in [0.1, 0.15) is 72.1 Å². The van der Waals surface area contributed by atoms with Crippen molar-refractivity contribution < 1.29 is 5.11 Å². The van der Waals surface area contributed by atoms with Gasteiger partial charge in [0.25, 0.3) is 0 Å². The van der Waals surface area contributed by atoms with E-state index in [1.807, 2.05) is 6.92 Å². The molecule has 17 heavy (non-hydrogen) atoms. The molecule has 1 aliphatic carbocycles. The number of rotatable bonds is 6. The highest BCUT2D eigenvalue weighted by molar-refractivity contribution is 5.13. The molecule has 0 amide bonds. The summed E-state index contributed by atoms with van der Waals surface area (Å²) in [6, 6.07) is 2.46. The van der Waals surface area contributed by atoms with Crippen molar-refractivity contribution in [3.05, 3.63) is 0 Å². The summed E-state index contributed by atoms with van der Waals surface area (Å²) < 4.78 is 0. The molecule has 2 nitrogen and oxygen atoms in total. The Bertz CT molecular complexity index is 279. The van der Waals surface area contributed by atoms with E-state index in [1.54, 1.807) is 0 Å². The number of hydrogen-bond acceptors (Lipinski definition) is 2. The summed E-state index contributed by atoms with van der Waals surface area (Å²) in [6.07, 6.45) is 8.11. The molecule has 3 unspecified atom stereocenters. The van der Waals surface area contributed by atoms with Crippen molar-refractivity contribution >= 4 is 0 Å². The minimum absolute atomic E-state index is 0.485. The summed E-state index contributed by atoms with van der Waals surface area (Å²) in [7, 11) is 0. The Morgan fingerprint density at radius 2 is 2.12 bits per heavy atom. The van der Waals surface area contributed by atoms with Crippen LogP contribution in [-0.4, -0.2) is 10.7 Å². The van der Waals surface area contributed by atoms with Gasteiger partial charge in [-0.15, -0.1) is 0 Å². The van der Waals surface area contributed by atoms with Crippen molar-refractivity contribution in [2.45, 2.75) is 77.7 Å². The lowest BCUT2D eigenvalue weighted by Gasteiger charge is -2.38. The summed E-state index contributed by atoms with van der Waals surface area (Å²) >= 11 is 0. The van der Waals surface area contributed by atoms with Crippen LogP contribution in [0.4, 0.5) is 0 Å². The Kier molecular flexibility index (Phi) is 5.01. The van der Waals surface area contributed by atoms with Gasteiger partial charge in [0.05, 0.1) is 17.1 Å². The SMILES string of the molecule is CCCCCC(C)(O)C1(C#N)CCC(CC)C1. The van der Waals surface area contributed by atoms with Crippen molar-refractivity contribution in [1.29, 1.82) is 5.26 Å². The average molecular weight is 237 g/mol. The molecule has 3 atom stereocenters. The molecule has 0 aliphatic heterocycles. The molecule has 0 bridgehead atoms. The van der Waals surface area contributed by atoms with Crippen LogP contribution >= 0.6 is 0 Å². The lowest BCUT2D eigenvalue weighted by molar-refractivity contribution is -0.0469. The predicted molar refractivity (Wildman–Crippen MR) is 70.4 cm³/mol. The minimum atomic E-state index is -0.805. The largest absolute Gasteiger partial charge is 0.389 e. The van der Waals surface area contributed by atoms with Gasteiger partial charge in [-0.1, -0.05) is 39.5 Å². The van der Waals surface area contributed by atoms with Gasteiger partial charge in [-0.05, 0) is 38.5 Å². The molecule has 0 aromatic heterocycles. The Balaban J connectivity index is 2.69. The summed E-state index contributed by atoms with van der Waals surface area (Å²) in [5, 5.41) is 20.2. The van der Waals surface area contributed by atoms with E-state index in [0.717, 1.165) is 51.4 Å². The molecule has 1 aliphatic rings. The summed E-state index contributed by atoms with van der Waals surface area (Å²) in [5.41, 5.74) is -1.29. The quantitative estimate of drug-likeness (QED) is 0.709. The van der Waals surface area contributed by atoms with Crippen molar-refractivity contribution in [3.63, 3.8) is 0 Å². The topological polar surface area (TPSA) is 44.0 Å². The normalized spacial score (nSPS) is 32.1. The van der Waals surface area contributed by atoms with E-state index >= 15 is 0 Å². The molecule has 1 rings (SSSR count). The number of aliphatic hydroxyl groups is 1. The fraction of sp³-hybridized carbons (Fsp3) is 0.933. The van der Waals surface area contributed by atoms with E-state index < -0.39 is 11.0 Å². The van der Waals surface area contributed by atoms with Crippen LogP contribution < -0.4 is 0 Å². The van der Waals surface area contributed by atoms with Crippen LogP contribution in [0.3, 0.4) is 0 Å². The molecule has 1 N–H and O–H groups in total. The molecule has 2 heteroatoms. The minimum Gasteiger partial charge on any atom is -0.389 e. The van der Waals surface area contributed by atoms with Gasteiger partial charge in [-0.2, -0.15) is 5.26 Å². The van der Waals surface area contributed by atoms with Gasteiger partial charge >= 0.3 is 0 Å². The number of nitriles is 1. The highest BCUT2D eigenvalue weighted by Gasteiger charge is 2.51. The molecule has 0 spiro atoms. The number of unbranched alkanes of at least 4 members (excludes halogenated alkanes) is 2. The van der Waals surface area contributed by atoms with E-state index in [4.69, 9.17) is 0 Å². The highest BCUT2D eigenvalue weighted by atomic mass is 16.3. The lowest BCUT2D eigenvalue weighted by atomic mass is 9.69.